The number of aliphatic hydroxyl groups is 1. The van der Waals surface area contributed by atoms with Crippen LogP contribution in [0, 0.1) is 0 Å². The fourth-order valence-corrected chi connectivity index (χ4v) is 1.51. The van der Waals surface area contributed by atoms with Crippen molar-refractivity contribution in [1.82, 2.24) is 24.5 Å². The monoisotopic (exact) mass is 263 g/mol. The number of imidazole rings is 1. The summed E-state index contributed by atoms with van der Waals surface area (Å²) >= 11 is 0. The van der Waals surface area contributed by atoms with Crippen molar-refractivity contribution in [2.45, 2.75) is 19.4 Å². The largest absolute Gasteiger partial charge is 0.393 e. The van der Waals surface area contributed by atoms with E-state index in [2.05, 4.69) is 19.9 Å². The minimum Gasteiger partial charge on any atom is -0.393 e. The van der Waals surface area contributed by atoms with Crippen LogP contribution in [0.25, 0.3) is 5.95 Å². The maximum atomic E-state index is 9.29. The van der Waals surface area contributed by atoms with Gasteiger partial charge in [0, 0.05) is 26.0 Å². The Morgan fingerprint density at radius 1 is 1.42 bits per heavy atom. The average Bonchev–Trinajstić information content (AvgIpc) is 2.89. The molecule has 8 heteroatoms. The SMILES string of the molecule is CC(O)CCN(C)c1nc(N)nc(-n2ccnc2)n1. The summed E-state index contributed by atoms with van der Waals surface area (Å²) in [5.74, 6) is 1.04. The van der Waals surface area contributed by atoms with Crippen LogP contribution in [0.15, 0.2) is 18.7 Å². The zero-order valence-electron chi connectivity index (χ0n) is 10.9. The number of rotatable bonds is 5. The lowest BCUT2D eigenvalue weighted by atomic mass is 10.3. The van der Waals surface area contributed by atoms with Gasteiger partial charge in [-0.1, -0.05) is 0 Å². The van der Waals surface area contributed by atoms with E-state index in [1.807, 2.05) is 11.9 Å². The minimum absolute atomic E-state index is 0.151. The fourth-order valence-electron chi connectivity index (χ4n) is 1.51. The molecule has 0 aliphatic carbocycles. The third-order valence-electron chi connectivity index (χ3n) is 2.59. The lowest BCUT2D eigenvalue weighted by molar-refractivity contribution is 0.186. The summed E-state index contributed by atoms with van der Waals surface area (Å²) in [5, 5.41) is 9.29. The number of hydrogen-bond acceptors (Lipinski definition) is 7. The molecular formula is C11H17N7O. The van der Waals surface area contributed by atoms with Crippen LogP contribution in [0.2, 0.25) is 0 Å². The number of aromatic nitrogens is 5. The Bertz CT molecular complexity index is 526. The van der Waals surface area contributed by atoms with Crippen LogP contribution < -0.4 is 10.6 Å². The normalized spacial score (nSPS) is 12.4. The summed E-state index contributed by atoms with van der Waals surface area (Å²) in [4.78, 5) is 18.2. The molecule has 0 fully saturated rings. The van der Waals surface area contributed by atoms with E-state index in [0.29, 0.717) is 24.9 Å². The van der Waals surface area contributed by atoms with Gasteiger partial charge in [0.05, 0.1) is 6.10 Å². The highest BCUT2D eigenvalue weighted by Gasteiger charge is 2.10. The van der Waals surface area contributed by atoms with Crippen LogP contribution in [0.3, 0.4) is 0 Å². The van der Waals surface area contributed by atoms with Gasteiger partial charge in [0.25, 0.3) is 0 Å². The first-order valence-electron chi connectivity index (χ1n) is 5.95. The summed E-state index contributed by atoms with van der Waals surface area (Å²) in [5.41, 5.74) is 5.69. The van der Waals surface area contributed by atoms with Gasteiger partial charge in [0.15, 0.2) is 0 Å². The summed E-state index contributed by atoms with van der Waals surface area (Å²) in [7, 11) is 1.84. The highest BCUT2D eigenvalue weighted by Crippen LogP contribution is 2.11. The molecule has 2 heterocycles. The van der Waals surface area contributed by atoms with Crippen molar-refractivity contribution in [3.05, 3.63) is 18.7 Å². The molecule has 0 aliphatic rings. The molecule has 0 aromatic carbocycles. The molecule has 1 atom stereocenters. The highest BCUT2D eigenvalue weighted by atomic mass is 16.3. The van der Waals surface area contributed by atoms with E-state index in [9.17, 15) is 5.11 Å². The topological polar surface area (TPSA) is 106 Å². The van der Waals surface area contributed by atoms with Crippen molar-refractivity contribution < 1.29 is 5.11 Å². The van der Waals surface area contributed by atoms with E-state index in [1.165, 1.54) is 0 Å². The van der Waals surface area contributed by atoms with E-state index in [-0.39, 0.29) is 12.1 Å². The Balaban J connectivity index is 2.21. The Morgan fingerprint density at radius 2 is 2.21 bits per heavy atom. The lowest BCUT2D eigenvalue weighted by Gasteiger charge is -2.18. The number of hydrogen-bond donors (Lipinski definition) is 2. The van der Waals surface area contributed by atoms with Gasteiger partial charge in [-0.25, -0.2) is 4.98 Å². The van der Waals surface area contributed by atoms with Crippen molar-refractivity contribution in [2.24, 2.45) is 0 Å². The molecule has 2 aromatic rings. The number of anilines is 2. The second kappa shape index (κ2) is 5.61. The first kappa shape index (κ1) is 13.2. The number of nitrogens with two attached hydrogens (primary N) is 1. The Morgan fingerprint density at radius 3 is 2.84 bits per heavy atom. The smallest absolute Gasteiger partial charge is 0.241 e. The van der Waals surface area contributed by atoms with Gasteiger partial charge in [-0.2, -0.15) is 15.0 Å². The van der Waals surface area contributed by atoms with E-state index in [4.69, 9.17) is 5.73 Å². The first-order valence-corrected chi connectivity index (χ1v) is 5.95. The molecule has 0 amide bonds. The van der Waals surface area contributed by atoms with E-state index in [0.717, 1.165) is 0 Å². The predicted octanol–water partition coefficient (Wildman–Crippen LogP) is -0.153. The highest BCUT2D eigenvalue weighted by molar-refractivity contribution is 5.37. The molecule has 0 saturated carbocycles. The molecule has 1 unspecified atom stereocenters. The van der Waals surface area contributed by atoms with Crippen LogP contribution in [0.4, 0.5) is 11.9 Å². The van der Waals surface area contributed by atoms with Gasteiger partial charge in [0.1, 0.15) is 6.33 Å². The van der Waals surface area contributed by atoms with Crippen LogP contribution in [-0.4, -0.2) is 49.3 Å². The lowest BCUT2D eigenvalue weighted by Crippen LogP contribution is -2.25. The second-order valence-corrected chi connectivity index (χ2v) is 4.32. The van der Waals surface area contributed by atoms with Crippen molar-refractivity contribution in [3.8, 4) is 5.95 Å². The van der Waals surface area contributed by atoms with Gasteiger partial charge in [-0.3, -0.25) is 4.57 Å². The Hall–Kier alpha value is -2.22. The van der Waals surface area contributed by atoms with Gasteiger partial charge in [0.2, 0.25) is 17.8 Å². The third kappa shape index (κ3) is 3.38. The van der Waals surface area contributed by atoms with Gasteiger partial charge in [-0.05, 0) is 13.3 Å². The Kier molecular flexibility index (Phi) is 3.91. The van der Waals surface area contributed by atoms with Crippen molar-refractivity contribution in [3.63, 3.8) is 0 Å². The summed E-state index contributed by atoms with van der Waals surface area (Å²) < 4.78 is 1.66. The first-order chi connectivity index (χ1) is 9.06. The third-order valence-corrected chi connectivity index (χ3v) is 2.59. The summed E-state index contributed by atoms with van der Waals surface area (Å²) in [6, 6.07) is 0. The fraction of sp³-hybridized carbons (Fsp3) is 0.455. The van der Waals surface area contributed by atoms with Crippen LogP contribution in [-0.2, 0) is 0 Å². The average molecular weight is 263 g/mol. The predicted molar refractivity (Wildman–Crippen MR) is 70.9 cm³/mol. The van der Waals surface area contributed by atoms with E-state index in [1.54, 1.807) is 30.2 Å². The van der Waals surface area contributed by atoms with Gasteiger partial charge >= 0.3 is 0 Å². The van der Waals surface area contributed by atoms with Gasteiger partial charge < -0.3 is 15.7 Å². The van der Waals surface area contributed by atoms with Gasteiger partial charge in [-0.15, -0.1) is 0 Å². The Labute approximate surface area is 111 Å². The van der Waals surface area contributed by atoms with Crippen molar-refractivity contribution in [2.75, 3.05) is 24.2 Å². The molecule has 0 bridgehead atoms. The second-order valence-electron chi connectivity index (χ2n) is 4.32. The molecule has 102 valence electrons. The number of nitrogen functional groups attached to an aromatic ring is 1. The molecule has 0 saturated heterocycles. The molecule has 2 aromatic heterocycles. The standard InChI is InChI=1S/C11H17N7O/c1-8(19)3-5-17(2)10-14-9(12)15-11(16-10)18-6-4-13-7-18/h4,6-8,19H,3,5H2,1-2H3,(H2,12,14,15,16). The van der Waals surface area contributed by atoms with E-state index >= 15 is 0 Å². The molecule has 19 heavy (non-hydrogen) atoms. The molecule has 0 radical (unpaired) electrons. The molecule has 0 spiro atoms. The number of aliphatic hydroxyl groups excluding tert-OH is 1. The van der Waals surface area contributed by atoms with Crippen LogP contribution >= 0.6 is 0 Å². The van der Waals surface area contributed by atoms with E-state index < -0.39 is 0 Å². The molecule has 8 nitrogen and oxygen atoms in total. The van der Waals surface area contributed by atoms with Crippen LogP contribution in [0.1, 0.15) is 13.3 Å². The summed E-state index contributed by atoms with van der Waals surface area (Å²) in [6.45, 7) is 2.37. The zero-order valence-corrected chi connectivity index (χ0v) is 10.9. The zero-order chi connectivity index (χ0) is 13.8. The number of nitrogens with zero attached hydrogens (tertiary/aromatic N) is 6. The molecule has 0 aliphatic heterocycles. The molecule has 3 N–H and O–H groups in total. The van der Waals surface area contributed by atoms with Crippen molar-refractivity contribution in [1.29, 1.82) is 0 Å². The van der Waals surface area contributed by atoms with Crippen LogP contribution in [0.5, 0.6) is 0 Å². The quantitative estimate of drug-likeness (QED) is 0.772. The molecular weight excluding hydrogens is 246 g/mol. The maximum Gasteiger partial charge on any atom is 0.241 e. The molecule has 2 rings (SSSR count). The maximum absolute atomic E-state index is 9.29. The minimum atomic E-state index is -0.366. The van der Waals surface area contributed by atoms with Crippen molar-refractivity contribution >= 4 is 11.9 Å². The summed E-state index contributed by atoms with van der Waals surface area (Å²) in [6.07, 6.45) is 5.22.